The molecule has 0 saturated heterocycles. The first kappa shape index (κ1) is 12.4. The van der Waals surface area contributed by atoms with Crippen LogP contribution in [-0.4, -0.2) is 24.0 Å². The fourth-order valence-corrected chi connectivity index (χ4v) is 1.10. The molecule has 0 radical (unpaired) electrons. The third kappa shape index (κ3) is 9.34. The predicted molar refractivity (Wildman–Crippen MR) is 57.0 cm³/mol. The number of aliphatic hydroxyl groups excluding tert-OH is 1. The molecular formula is C10H22N2O. The van der Waals surface area contributed by atoms with Gasteiger partial charge in [0.05, 0.1) is 13.2 Å². The van der Waals surface area contributed by atoms with E-state index in [0.29, 0.717) is 6.54 Å². The average molecular weight is 186 g/mol. The van der Waals surface area contributed by atoms with Crippen LogP contribution in [0.2, 0.25) is 0 Å². The third-order valence-electron chi connectivity index (χ3n) is 1.89. The van der Waals surface area contributed by atoms with E-state index in [-0.39, 0.29) is 6.61 Å². The van der Waals surface area contributed by atoms with Crippen LogP contribution in [-0.2, 0) is 0 Å². The molecule has 78 valence electrons. The summed E-state index contributed by atoms with van der Waals surface area (Å²) >= 11 is 0. The largest absolute Gasteiger partial charge is 0.394 e. The molecule has 3 nitrogen and oxygen atoms in total. The summed E-state index contributed by atoms with van der Waals surface area (Å²) in [5.74, 6) is 0. The minimum absolute atomic E-state index is 0.145. The van der Waals surface area contributed by atoms with Crippen LogP contribution in [0, 0.1) is 0 Å². The molecule has 0 amide bonds. The summed E-state index contributed by atoms with van der Waals surface area (Å²) in [6, 6.07) is 0. The van der Waals surface area contributed by atoms with Crippen molar-refractivity contribution < 1.29 is 5.11 Å². The first-order valence-corrected chi connectivity index (χ1v) is 5.18. The maximum atomic E-state index is 8.49. The maximum absolute atomic E-state index is 8.49. The first-order chi connectivity index (χ1) is 6.31. The molecule has 0 spiro atoms. The molecule has 0 aliphatic heterocycles. The second-order valence-electron chi connectivity index (χ2n) is 3.29. The molecule has 0 bridgehead atoms. The van der Waals surface area contributed by atoms with Gasteiger partial charge in [-0.05, 0) is 19.8 Å². The van der Waals surface area contributed by atoms with E-state index in [9.17, 15) is 0 Å². The smallest absolute Gasteiger partial charge is 0.0620 e. The lowest BCUT2D eigenvalue weighted by atomic mass is 10.1. The molecule has 0 saturated carbocycles. The Kier molecular flexibility index (Phi) is 9.10. The van der Waals surface area contributed by atoms with Gasteiger partial charge in [-0.15, -0.1) is 0 Å². The van der Waals surface area contributed by atoms with Crippen molar-refractivity contribution >= 4 is 5.71 Å². The van der Waals surface area contributed by atoms with E-state index in [1.54, 1.807) is 0 Å². The molecule has 0 unspecified atom stereocenters. The van der Waals surface area contributed by atoms with Crippen molar-refractivity contribution in [2.24, 2.45) is 5.10 Å². The van der Waals surface area contributed by atoms with Gasteiger partial charge >= 0.3 is 0 Å². The Bertz CT molecular complexity index is 135. The Labute approximate surface area is 81.2 Å². The molecule has 0 aliphatic carbocycles. The zero-order chi connectivity index (χ0) is 9.94. The summed E-state index contributed by atoms with van der Waals surface area (Å²) in [5.41, 5.74) is 3.94. The number of aliphatic hydroxyl groups is 1. The quantitative estimate of drug-likeness (QED) is 0.345. The summed E-state index contributed by atoms with van der Waals surface area (Å²) in [7, 11) is 0. The van der Waals surface area contributed by atoms with Crippen LogP contribution in [0.1, 0.15) is 46.0 Å². The van der Waals surface area contributed by atoms with Crippen molar-refractivity contribution in [3.63, 3.8) is 0 Å². The van der Waals surface area contributed by atoms with Crippen LogP contribution in [0.15, 0.2) is 5.10 Å². The van der Waals surface area contributed by atoms with Crippen molar-refractivity contribution in [2.45, 2.75) is 46.0 Å². The van der Waals surface area contributed by atoms with Crippen LogP contribution in [0.4, 0.5) is 0 Å². The number of nitrogens with zero attached hydrogens (tertiary/aromatic N) is 1. The number of hydrogen-bond acceptors (Lipinski definition) is 3. The molecule has 0 atom stereocenters. The highest BCUT2D eigenvalue weighted by Gasteiger charge is 1.91. The van der Waals surface area contributed by atoms with Gasteiger partial charge in [-0.25, -0.2) is 0 Å². The van der Waals surface area contributed by atoms with E-state index in [1.165, 1.54) is 25.7 Å². The summed E-state index contributed by atoms with van der Waals surface area (Å²) in [5, 5.41) is 12.6. The standard InChI is InChI=1S/C10H22N2O/c1-3-4-5-6-7-10(2)12-11-8-9-13/h11,13H,3-9H2,1-2H3. The summed E-state index contributed by atoms with van der Waals surface area (Å²) < 4.78 is 0. The van der Waals surface area contributed by atoms with Crippen LogP contribution >= 0.6 is 0 Å². The van der Waals surface area contributed by atoms with Crippen LogP contribution in [0.3, 0.4) is 0 Å². The number of unbranched alkanes of at least 4 members (excludes halogenated alkanes) is 3. The zero-order valence-electron chi connectivity index (χ0n) is 8.84. The lowest BCUT2D eigenvalue weighted by molar-refractivity contribution is 0.293. The van der Waals surface area contributed by atoms with Gasteiger partial charge in [0, 0.05) is 5.71 Å². The SMILES string of the molecule is CCCCCCC(C)=NNCCO. The average Bonchev–Trinajstić information content (AvgIpc) is 2.13. The van der Waals surface area contributed by atoms with Crippen molar-refractivity contribution in [3.8, 4) is 0 Å². The Morgan fingerprint density at radius 1 is 1.31 bits per heavy atom. The molecule has 3 heteroatoms. The highest BCUT2D eigenvalue weighted by molar-refractivity contribution is 5.81. The third-order valence-corrected chi connectivity index (χ3v) is 1.89. The summed E-state index contributed by atoms with van der Waals surface area (Å²) in [4.78, 5) is 0. The van der Waals surface area contributed by atoms with E-state index >= 15 is 0 Å². The fraction of sp³-hybridized carbons (Fsp3) is 0.900. The van der Waals surface area contributed by atoms with Gasteiger partial charge < -0.3 is 10.5 Å². The monoisotopic (exact) mass is 186 g/mol. The number of rotatable bonds is 8. The van der Waals surface area contributed by atoms with Crippen molar-refractivity contribution in [3.05, 3.63) is 0 Å². The van der Waals surface area contributed by atoms with Gasteiger partial charge in [0.1, 0.15) is 0 Å². The molecule has 13 heavy (non-hydrogen) atoms. The van der Waals surface area contributed by atoms with Gasteiger partial charge in [0.2, 0.25) is 0 Å². The Balaban J connectivity index is 3.27. The van der Waals surface area contributed by atoms with Gasteiger partial charge in [-0.1, -0.05) is 26.2 Å². The molecule has 0 heterocycles. The Hall–Kier alpha value is -0.570. The second kappa shape index (κ2) is 9.52. The summed E-state index contributed by atoms with van der Waals surface area (Å²) in [6.07, 6.45) is 6.18. The van der Waals surface area contributed by atoms with Crippen molar-refractivity contribution in [2.75, 3.05) is 13.2 Å². The van der Waals surface area contributed by atoms with Crippen LogP contribution in [0.25, 0.3) is 0 Å². The molecule has 0 aromatic carbocycles. The molecule has 0 rings (SSSR count). The molecule has 0 aromatic rings. The minimum Gasteiger partial charge on any atom is -0.394 e. The van der Waals surface area contributed by atoms with Gasteiger partial charge in [-0.3, -0.25) is 0 Å². The lowest BCUT2D eigenvalue weighted by Gasteiger charge is -2.01. The molecule has 0 fully saturated rings. The van der Waals surface area contributed by atoms with Crippen molar-refractivity contribution in [1.82, 2.24) is 5.43 Å². The molecular weight excluding hydrogens is 164 g/mol. The first-order valence-electron chi connectivity index (χ1n) is 5.18. The Morgan fingerprint density at radius 2 is 2.08 bits per heavy atom. The number of hydrogen-bond donors (Lipinski definition) is 2. The van der Waals surface area contributed by atoms with E-state index in [0.717, 1.165) is 12.1 Å². The molecule has 0 aromatic heterocycles. The maximum Gasteiger partial charge on any atom is 0.0620 e. The lowest BCUT2D eigenvalue weighted by Crippen LogP contribution is -2.13. The van der Waals surface area contributed by atoms with E-state index in [4.69, 9.17) is 5.11 Å². The van der Waals surface area contributed by atoms with Gasteiger partial charge in [-0.2, -0.15) is 5.10 Å². The van der Waals surface area contributed by atoms with E-state index in [1.807, 2.05) is 6.92 Å². The van der Waals surface area contributed by atoms with Gasteiger partial charge in [0.25, 0.3) is 0 Å². The minimum atomic E-state index is 0.145. The zero-order valence-corrected chi connectivity index (χ0v) is 8.84. The fourth-order valence-electron chi connectivity index (χ4n) is 1.10. The van der Waals surface area contributed by atoms with E-state index < -0.39 is 0 Å². The second-order valence-corrected chi connectivity index (χ2v) is 3.29. The molecule has 2 N–H and O–H groups in total. The number of nitrogens with one attached hydrogen (secondary N) is 1. The topological polar surface area (TPSA) is 44.6 Å². The predicted octanol–water partition coefficient (Wildman–Crippen LogP) is 1.91. The summed E-state index contributed by atoms with van der Waals surface area (Å²) in [6.45, 7) is 4.93. The normalized spacial score (nSPS) is 11.8. The van der Waals surface area contributed by atoms with Crippen molar-refractivity contribution in [1.29, 1.82) is 0 Å². The highest BCUT2D eigenvalue weighted by Crippen LogP contribution is 2.02. The number of hydrazone groups is 1. The Morgan fingerprint density at radius 3 is 2.69 bits per heavy atom. The highest BCUT2D eigenvalue weighted by atomic mass is 16.3. The van der Waals surface area contributed by atoms with Crippen LogP contribution in [0.5, 0.6) is 0 Å². The van der Waals surface area contributed by atoms with E-state index in [2.05, 4.69) is 17.5 Å². The molecule has 0 aliphatic rings. The van der Waals surface area contributed by atoms with Gasteiger partial charge in [0.15, 0.2) is 0 Å². The van der Waals surface area contributed by atoms with Crippen LogP contribution < -0.4 is 5.43 Å².